The molecule has 0 bridgehead atoms. The van der Waals surface area contributed by atoms with Gasteiger partial charge in [-0.05, 0) is 64.2 Å². The highest BCUT2D eigenvalue weighted by Gasteiger charge is 2.61. The third kappa shape index (κ3) is 2.47. The zero-order valence-corrected chi connectivity index (χ0v) is 12.7. The zero-order chi connectivity index (χ0) is 12.8. The number of ether oxygens (including phenoxy) is 2. The summed E-state index contributed by atoms with van der Waals surface area (Å²) in [7, 11) is 0. The quantitative estimate of drug-likeness (QED) is 0.778. The maximum atomic E-state index is 6.10. The minimum absolute atomic E-state index is 0.484. The SMILES string of the molecule is C1CCC(C2(SC3(C4CCCCO4)CC3)CC2)OC1. The third-order valence-corrected chi connectivity index (χ3v) is 7.58. The van der Waals surface area contributed by atoms with Gasteiger partial charge in [0, 0.05) is 22.7 Å². The van der Waals surface area contributed by atoms with Crippen molar-refractivity contribution in [1.82, 2.24) is 0 Å². The Balaban J connectivity index is 1.42. The summed E-state index contributed by atoms with van der Waals surface area (Å²) in [6.07, 6.45) is 14.5. The molecular formula is C16H26O2S. The topological polar surface area (TPSA) is 18.5 Å². The van der Waals surface area contributed by atoms with Crippen LogP contribution in [0, 0.1) is 0 Å². The van der Waals surface area contributed by atoms with Crippen LogP contribution in [0.5, 0.6) is 0 Å². The van der Waals surface area contributed by atoms with E-state index in [1.807, 2.05) is 0 Å². The van der Waals surface area contributed by atoms with E-state index >= 15 is 0 Å². The Kier molecular flexibility index (Phi) is 3.36. The van der Waals surface area contributed by atoms with E-state index in [0.717, 1.165) is 13.2 Å². The van der Waals surface area contributed by atoms with Crippen LogP contribution in [0.4, 0.5) is 0 Å². The first-order valence-electron chi connectivity index (χ1n) is 8.27. The van der Waals surface area contributed by atoms with E-state index in [2.05, 4.69) is 11.8 Å². The number of rotatable bonds is 4. The Morgan fingerprint density at radius 3 is 1.47 bits per heavy atom. The van der Waals surface area contributed by atoms with E-state index < -0.39 is 0 Å². The second-order valence-electron chi connectivity index (χ2n) is 6.94. The van der Waals surface area contributed by atoms with Crippen LogP contribution >= 0.6 is 11.8 Å². The summed E-state index contributed by atoms with van der Waals surface area (Å²) >= 11 is 2.29. The maximum Gasteiger partial charge on any atom is 0.0721 e. The molecule has 0 N–H and O–H groups in total. The molecule has 19 heavy (non-hydrogen) atoms. The van der Waals surface area contributed by atoms with E-state index in [1.165, 1.54) is 64.2 Å². The van der Waals surface area contributed by atoms with Gasteiger partial charge in [-0.25, -0.2) is 0 Å². The summed E-state index contributed by atoms with van der Waals surface area (Å²) in [4.78, 5) is 0. The van der Waals surface area contributed by atoms with Gasteiger partial charge in [-0.3, -0.25) is 0 Å². The first-order valence-corrected chi connectivity index (χ1v) is 9.08. The van der Waals surface area contributed by atoms with Gasteiger partial charge in [0.25, 0.3) is 0 Å². The molecule has 2 saturated carbocycles. The molecule has 4 rings (SSSR count). The molecule has 2 atom stereocenters. The largest absolute Gasteiger partial charge is 0.377 e. The van der Waals surface area contributed by atoms with E-state index in [9.17, 15) is 0 Å². The van der Waals surface area contributed by atoms with Gasteiger partial charge < -0.3 is 9.47 Å². The zero-order valence-electron chi connectivity index (χ0n) is 11.9. The molecule has 0 radical (unpaired) electrons. The van der Waals surface area contributed by atoms with Gasteiger partial charge in [0.05, 0.1) is 12.2 Å². The lowest BCUT2D eigenvalue weighted by Crippen LogP contribution is -2.38. The molecule has 3 heteroatoms. The summed E-state index contributed by atoms with van der Waals surface area (Å²) in [5, 5.41) is 0. The standard InChI is InChI=1S/C16H26O2S/c1-3-11-17-13(5-1)15(7-8-15)19-16(9-10-16)14-6-2-4-12-18-14/h13-14H,1-12H2. The van der Waals surface area contributed by atoms with Crippen molar-refractivity contribution >= 4 is 11.8 Å². The second kappa shape index (κ2) is 4.92. The molecule has 0 aromatic carbocycles. The highest BCUT2D eigenvalue weighted by Crippen LogP contribution is 2.66. The van der Waals surface area contributed by atoms with Crippen molar-refractivity contribution in [2.24, 2.45) is 0 Å². The fourth-order valence-electron chi connectivity index (χ4n) is 3.94. The minimum Gasteiger partial charge on any atom is -0.377 e. The van der Waals surface area contributed by atoms with Crippen LogP contribution in [0.1, 0.15) is 64.2 Å². The summed E-state index contributed by atoms with van der Waals surface area (Å²) in [6, 6.07) is 0. The first kappa shape index (κ1) is 13.0. The van der Waals surface area contributed by atoms with Crippen molar-refractivity contribution in [3.63, 3.8) is 0 Å². The van der Waals surface area contributed by atoms with Crippen LogP contribution in [-0.4, -0.2) is 34.9 Å². The Morgan fingerprint density at radius 2 is 1.16 bits per heavy atom. The van der Waals surface area contributed by atoms with Crippen molar-refractivity contribution in [1.29, 1.82) is 0 Å². The number of hydrogen-bond donors (Lipinski definition) is 0. The van der Waals surface area contributed by atoms with Crippen molar-refractivity contribution < 1.29 is 9.47 Å². The van der Waals surface area contributed by atoms with Crippen LogP contribution < -0.4 is 0 Å². The van der Waals surface area contributed by atoms with E-state index in [-0.39, 0.29) is 0 Å². The van der Waals surface area contributed by atoms with Gasteiger partial charge >= 0.3 is 0 Å². The molecule has 2 nitrogen and oxygen atoms in total. The van der Waals surface area contributed by atoms with Gasteiger partial charge in [-0.15, -0.1) is 11.8 Å². The Morgan fingerprint density at radius 1 is 0.684 bits per heavy atom. The van der Waals surface area contributed by atoms with Crippen molar-refractivity contribution in [3.05, 3.63) is 0 Å². The monoisotopic (exact) mass is 282 g/mol. The third-order valence-electron chi connectivity index (χ3n) is 5.43. The van der Waals surface area contributed by atoms with Gasteiger partial charge in [0.2, 0.25) is 0 Å². The maximum absolute atomic E-state index is 6.10. The molecule has 4 fully saturated rings. The normalized spacial score (nSPS) is 39.8. The van der Waals surface area contributed by atoms with E-state index in [1.54, 1.807) is 0 Å². The average Bonchev–Trinajstić information content (AvgIpc) is 3.40. The fourth-order valence-corrected chi connectivity index (χ4v) is 6.00. The average molecular weight is 282 g/mol. The second-order valence-corrected chi connectivity index (χ2v) is 8.77. The highest BCUT2D eigenvalue weighted by molar-refractivity contribution is 8.02. The molecule has 4 aliphatic rings. The molecule has 2 aliphatic heterocycles. The summed E-state index contributed by atoms with van der Waals surface area (Å²) < 4.78 is 13.2. The lowest BCUT2D eigenvalue weighted by Gasteiger charge is -2.37. The summed E-state index contributed by atoms with van der Waals surface area (Å²) in [6.45, 7) is 2.00. The molecule has 0 amide bonds. The van der Waals surface area contributed by atoms with Crippen molar-refractivity contribution in [2.45, 2.75) is 85.9 Å². The van der Waals surface area contributed by atoms with E-state index in [0.29, 0.717) is 21.7 Å². The number of hydrogen-bond acceptors (Lipinski definition) is 3. The van der Waals surface area contributed by atoms with E-state index in [4.69, 9.17) is 9.47 Å². The smallest absolute Gasteiger partial charge is 0.0721 e. The van der Waals surface area contributed by atoms with Gasteiger partial charge in [0.1, 0.15) is 0 Å². The number of thioether (sulfide) groups is 1. The molecule has 2 saturated heterocycles. The minimum atomic E-state index is 0.484. The van der Waals surface area contributed by atoms with Gasteiger partial charge in [0.15, 0.2) is 0 Å². The molecule has 0 spiro atoms. The molecule has 2 heterocycles. The van der Waals surface area contributed by atoms with Crippen LogP contribution in [0.3, 0.4) is 0 Å². The van der Waals surface area contributed by atoms with Crippen LogP contribution in [0.25, 0.3) is 0 Å². The predicted molar refractivity (Wildman–Crippen MR) is 78.7 cm³/mol. The predicted octanol–water partition coefficient (Wildman–Crippen LogP) is 3.92. The summed E-state index contributed by atoms with van der Waals surface area (Å²) in [5.74, 6) is 0. The lowest BCUT2D eigenvalue weighted by atomic mass is 10.0. The molecule has 108 valence electrons. The molecule has 2 aliphatic carbocycles. The Labute approximate surface area is 121 Å². The Hall–Kier alpha value is 0.270. The fraction of sp³-hybridized carbons (Fsp3) is 1.00. The van der Waals surface area contributed by atoms with Gasteiger partial charge in [-0.2, -0.15) is 0 Å². The lowest BCUT2D eigenvalue weighted by molar-refractivity contribution is 0.00454. The van der Waals surface area contributed by atoms with Gasteiger partial charge in [-0.1, -0.05) is 0 Å². The van der Waals surface area contributed by atoms with Crippen molar-refractivity contribution in [3.8, 4) is 0 Å². The highest BCUT2D eigenvalue weighted by atomic mass is 32.2. The van der Waals surface area contributed by atoms with Crippen LogP contribution in [-0.2, 0) is 9.47 Å². The molecule has 0 aromatic heterocycles. The summed E-state index contributed by atoms with van der Waals surface area (Å²) in [5.41, 5.74) is 0. The molecule has 2 unspecified atom stereocenters. The molecular weight excluding hydrogens is 256 g/mol. The first-order chi connectivity index (χ1) is 9.33. The Bertz CT molecular complexity index is 292. The van der Waals surface area contributed by atoms with Crippen LogP contribution in [0.15, 0.2) is 0 Å². The molecule has 0 aromatic rings. The van der Waals surface area contributed by atoms with Crippen molar-refractivity contribution in [2.75, 3.05) is 13.2 Å². The van der Waals surface area contributed by atoms with Crippen LogP contribution in [0.2, 0.25) is 0 Å².